The zero-order valence-electron chi connectivity index (χ0n) is 7.78. The average molecular weight is 319 g/mol. The van der Waals surface area contributed by atoms with Crippen LogP contribution in [0.3, 0.4) is 0 Å². The Morgan fingerprint density at radius 3 is 2.07 bits per heavy atom. The van der Waals surface area contributed by atoms with Gasteiger partial charge in [-0.2, -0.15) is 0 Å². The van der Waals surface area contributed by atoms with Gasteiger partial charge in [-0.3, -0.25) is 0 Å². The van der Waals surface area contributed by atoms with Gasteiger partial charge in [0.1, 0.15) is 21.4 Å². The molecular formula is C8H4B4Br2O. The van der Waals surface area contributed by atoms with Crippen LogP contribution in [0.2, 0.25) is 0 Å². The Morgan fingerprint density at radius 2 is 1.60 bits per heavy atom. The fraction of sp³-hybridized carbons (Fsp3) is 0.250. The molecule has 0 aliphatic heterocycles. The Hall–Kier alpha value is 0.240. The summed E-state index contributed by atoms with van der Waals surface area (Å²) in [4.78, 5) is 0. The molecule has 0 saturated heterocycles. The Bertz CT molecular complexity index is 351. The average Bonchev–Trinajstić information content (AvgIpc) is 2.06. The van der Waals surface area contributed by atoms with E-state index in [1.54, 1.807) is 18.2 Å². The number of para-hydroxylation sites is 1. The van der Waals surface area contributed by atoms with Gasteiger partial charge in [0.15, 0.2) is 0 Å². The summed E-state index contributed by atoms with van der Waals surface area (Å²) in [6, 6.07) is 7.09. The molecule has 0 spiro atoms. The van der Waals surface area contributed by atoms with Crippen molar-refractivity contribution in [3.05, 3.63) is 28.7 Å². The largest absolute Gasteiger partial charge is 0.506 e. The molecule has 15 heavy (non-hydrogen) atoms. The minimum absolute atomic E-state index is 0.460. The summed E-state index contributed by atoms with van der Waals surface area (Å²) in [5.74, 6) is 0.460. The van der Waals surface area contributed by atoms with E-state index < -0.39 is 9.52 Å². The van der Waals surface area contributed by atoms with Crippen molar-refractivity contribution in [3.8, 4) is 5.75 Å². The second-order valence-corrected chi connectivity index (χ2v) is 5.26. The molecule has 68 valence electrons. The van der Waals surface area contributed by atoms with Gasteiger partial charge in [0.25, 0.3) is 0 Å². The van der Waals surface area contributed by atoms with Crippen LogP contribution in [-0.2, 0) is 0 Å². The third-order valence-electron chi connectivity index (χ3n) is 1.71. The van der Waals surface area contributed by atoms with Crippen LogP contribution in [0.1, 0.15) is 0 Å². The third-order valence-corrected chi connectivity index (χ3v) is 2.99. The number of hydrogen-bond donors (Lipinski definition) is 0. The zero-order chi connectivity index (χ0) is 11.7. The van der Waals surface area contributed by atoms with Crippen LogP contribution in [0.5, 0.6) is 5.75 Å². The summed E-state index contributed by atoms with van der Waals surface area (Å²) in [7, 11) is 22.3. The number of benzene rings is 1. The van der Waals surface area contributed by atoms with E-state index in [1.807, 2.05) is 6.07 Å². The first-order valence-corrected chi connectivity index (χ1v) is 5.60. The van der Waals surface area contributed by atoms with Crippen LogP contribution in [0.25, 0.3) is 0 Å². The van der Waals surface area contributed by atoms with E-state index in [-0.39, 0.29) is 0 Å². The normalized spacial score (nSPS) is 12.4. The van der Waals surface area contributed by atoms with Crippen molar-refractivity contribution in [2.24, 2.45) is 0 Å². The van der Waals surface area contributed by atoms with Gasteiger partial charge >= 0.3 is 0 Å². The van der Waals surface area contributed by atoms with Crippen molar-refractivity contribution >= 4 is 63.2 Å². The van der Waals surface area contributed by atoms with Crippen LogP contribution in [0.15, 0.2) is 28.7 Å². The fourth-order valence-corrected chi connectivity index (χ4v) is 1.23. The molecule has 0 saturated carbocycles. The van der Waals surface area contributed by atoms with Crippen molar-refractivity contribution in [1.82, 2.24) is 0 Å². The predicted molar refractivity (Wildman–Crippen MR) is 72.2 cm³/mol. The maximum absolute atomic E-state index is 5.63. The van der Waals surface area contributed by atoms with Crippen LogP contribution < -0.4 is 4.74 Å². The molecule has 8 radical (unpaired) electrons. The van der Waals surface area contributed by atoms with Gasteiger partial charge in [0.2, 0.25) is 0 Å². The SMILES string of the molecule is [B]C([B])(Br)C([B])([B])Oc1ccccc1Br. The predicted octanol–water partition coefficient (Wildman–Crippen LogP) is 1.20. The first-order chi connectivity index (χ1) is 6.74. The maximum atomic E-state index is 5.63. The van der Waals surface area contributed by atoms with Crippen molar-refractivity contribution in [1.29, 1.82) is 0 Å². The lowest BCUT2D eigenvalue weighted by Crippen LogP contribution is -2.56. The quantitative estimate of drug-likeness (QED) is 0.601. The van der Waals surface area contributed by atoms with Crippen LogP contribution in [0.4, 0.5) is 0 Å². The first-order valence-electron chi connectivity index (χ1n) is 4.02. The van der Waals surface area contributed by atoms with E-state index in [9.17, 15) is 0 Å². The standard InChI is InChI=1S/C8H4B4Br2O/c9-7(10,14)8(11,12)15-6-4-2-1-3-5(6)13/h1-4H. The van der Waals surface area contributed by atoms with Crippen LogP contribution in [0, 0.1) is 0 Å². The van der Waals surface area contributed by atoms with E-state index in [4.69, 9.17) is 36.1 Å². The van der Waals surface area contributed by atoms with E-state index in [0.29, 0.717) is 10.2 Å². The second-order valence-electron chi connectivity index (χ2n) is 3.09. The molecule has 0 unspecified atom stereocenters. The lowest BCUT2D eigenvalue weighted by atomic mass is 9.45. The van der Waals surface area contributed by atoms with Gasteiger partial charge < -0.3 is 4.74 Å². The molecule has 7 heteroatoms. The Labute approximate surface area is 112 Å². The monoisotopic (exact) mass is 318 g/mol. The van der Waals surface area contributed by atoms with Crippen molar-refractivity contribution in [3.63, 3.8) is 0 Å². The lowest BCUT2D eigenvalue weighted by molar-refractivity contribution is 0.246. The number of rotatable bonds is 3. The number of hydrogen-bond acceptors (Lipinski definition) is 1. The summed E-state index contributed by atoms with van der Waals surface area (Å²) < 4.78 is 4.49. The molecule has 0 aromatic heterocycles. The minimum Gasteiger partial charge on any atom is -0.506 e. The molecule has 1 nitrogen and oxygen atoms in total. The summed E-state index contributed by atoms with van der Waals surface area (Å²) in [6.07, 6.45) is 0. The first kappa shape index (κ1) is 13.3. The number of alkyl halides is 1. The summed E-state index contributed by atoms with van der Waals surface area (Å²) in [6.45, 7) is 0. The van der Waals surface area contributed by atoms with Crippen molar-refractivity contribution in [2.45, 2.75) is 9.52 Å². The molecule has 1 aromatic carbocycles. The Morgan fingerprint density at radius 1 is 1.07 bits per heavy atom. The Balaban J connectivity index is 2.92. The summed E-state index contributed by atoms with van der Waals surface area (Å²) >= 11 is 6.23. The Kier molecular flexibility index (Phi) is 4.10. The van der Waals surface area contributed by atoms with Gasteiger partial charge in [-0.1, -0.05) is 12.1 Å². The van der Waals surface area contributed by atoms with E-state index in [1.165, 1.54) is 0 Å². The maximum Gasteiger partial charge on any atom is 0.131 e. The lowest BCUT2D eigenvalue weighted by Gasteiger charge is -2.40. The smallest absolute Gasteiger partial charge is 0.131 e. The molecule has 0 amide bonds. The minimum atomic E-state index is -1.73. The highest BCUT2D eigenvalue weighted by atomic mass is 79.9. The molecule has 0 fully saturated rings. The molecule has 0 heterocycles. The molecular weight excluding hydrogens is 315 g/mol. The molecule has 0 atom stereocenters. The van der Waals surface area contributed by atoms with Crippen molar-refractivity contribution < 1.29 is 4.74 Å². The van der Waals surface area contributed by atoms with E-state index in [2.05, 4.69) is 31.9 Å². The molecule has 0 aliphatic carbocycles. The van der Waals surface area contributed by atoms with Gasteiger partial charge in [-0.25, -0.2) is 0 Å². The molecule has 1 rings (SSSR count). The molecule has 1 aromatic rings. The highest BCUT2D eigenvalue weighted by molar-refractivity contribution is 9.11. The summed E-state index contributed by atoms with van der Waals surface area (Å²) in [5, 5.41) is -1.73. The molecule has 0 bridgehead atoms. The van der Waals surface area contributed by atoms with Crippen molar-refractivity contribution in [2.75, 3.05) is 0 Å². The topological polar surface area (TPSA) is 9.23 Å². The number of ether oxygens (including phenoxy) is 1. The number of halogens is 2. The highest BCUT2D eigenvalue weighted by Crippen LogP contribution is 2.30. The van der Waals surface area contributed by atoms with Gasteiger partial charge in [0.05, 0.1) is 20.2 Å². The molecule has 0 N–H and O–H groups in total. The van der Waals surface area contributed by atoms with Crippen LogP contribution in [-0.4, -0.2) is 40.9 Å². The van der Waals surface area contributed by atoms with Gasteiger partial charge in [-0.15, -0.1) is 15.9 Å². The second kappa shape index (κ2) is 4.62. The van der Waals surface area contributed by atoms with Gasteiger partial charge in [0, 0.05) is 5.40 Å². The zero-order valence-corrected chi connectivity index (χ0v) is 11.0. The van der Waals surface area contributed by atoms with E-state index >= 15 is 0 Å². The van der Waals surface area contributed by atoms with Crippen LogP contribution >= 0.6 is 31.9 Å². The van der Waals surface area contributed by atoms with E-state index in [0.717, 1.165) is 0 Å². The van der Waals surface area contributed by atoms with Gasteiger partial charge in [-0.05, 0) is 32.2 Å². The third kappa shape index (κ3) is 3.35. The summed E-state index contributed by atoms with van der Waals surface area (Å²) in [5.41, 5.74) is 0. The fourth-order valence-electron chi connectivity index (χ4n) is 0.788. The highest BCUT2D eigenvalue weighted by Gasteiger charge is 2.34. The molecule has 0 aliphatic rings.